The first-order chi connectivity index (χ1) is 6.80. The summed E-state index contributed by atoms with van der Waals surface area (Å²) in [7, 11) is 1.62. The van der Waals surface area contributed by atoms with Gasteiger partial charge in [0.05, 0.1) is 13.1 Å². The zero-order valence-electron chi connectivity index (χ0n) is 9.35. The molecule has 0 bridgehead atoms. The van der Waals surface area contributed by atoms with E-state index in [0.29, 0.717) is 0 Å². The zero-order valence-corrected chi connectivity index (χ0v) is 9.35. The Morgan fingerprint density at radius 1 is 1.53 bits per heavy atom. The zero-order chi connectivity index (χ0) is 11.6. The number of anilines is 1. The van der Waals surface area contributed by atoms with Gasteiger partial charge in [-0.1, -0.05) is 25.9 Å². The van der Waals surface area contributed by atoms with Crippen LogP contribution in [0.1, 0.15) is 20.8 Å². The van der Waals surface area contributed by atoms with Crippen LogP contribution in [0.4, 0.5) is 5.95 Å². The van der Waals surface area contributed by atoms with E-state index in [4.69, 9.17) is 5.73 Å². The van der Waals surface area contributed by atoms with E-state index in [9.17, 15) is 4.79 Å². The van der Waals surface area contributed by atoms with Crippen LogP contribution in [0.2, 0.25) is 0 Å². The summed E-state index contributed by atoms with van der Waals surface area (Å²) in [5.74, 6) is -0.141. The molecule has 0 saturated carbocycles. The topological polar surface area (TPSA) is 98.7 Å². The van der Waals surface area contributed by atoms with Crippen LogP contribution in [0.5, 0.6) is 0 Å². The summed E-state index contributed by atoms with van der Waals surface area (Å²) in [6.45, 7) is 5.67. The van der Waals surface area contributed by atoms with Crippen LogP contribution in [0.25, 0.3) is 0 Å². The quantitative estimate of drug-likeness (QED) is 0.690. The van der Waals surface area contributed by atoms with Crippen LogP contribution in [0.15, 0.2) is 0 Å². The van der Waals surface area contributed by atoms with Crippen molar-refractivity contribution in [1.82, 2.24) is 20.2 Å². The third-order valence-electron chi connectivity index (χ3n) is 1.96. The van der Waals surface area contributed by atoms with Crippen molar-refractivity contribution >= 4 is 11.9 Å². The molecule has 0 fully saturated rings. The van der Waals surface area contributed by atoms with Crippen molar-refractivity contribution in [3.8, 4) is 0 Å². The van der Waals surface area contributed by atoms with Gasteiger partial charge in [-0.25, -0.2) is 0 Å². The number of aromatic nitrogens is 4. The molecule has 1 unspecified atom stereocenters. The predicted molar refractivity (Wildman–Crippen MR) is 54.9 cm³/mol. The Bertz CT molecular complexity index is 352. The number of amides is 1. The highest BCUT2D eigenvalue weighted by Gasteiger charge is 2.28. The lowest BCUT2D eigenvalue weighted by Crippen LogP contribution is -2.45. The second-order valence-corrected chi connectivity index (χ2v) is 4.44. The highest BCUT2D eigenvalue weighted by Crippen LogP contribution is 2.17. The summed E-state index contributed by atoms with van der Waals surface area (Å²) in [6.07, 6.45) is 0. The van der Waals surface area contributed by atoms with Crippen molar-refractivity contribution in [2.45, 2.75) is 26.8 Å². The van der Waals surface area contributed by atoms with Crippen molar-refractivity contribution in [3.05, 3.63) is 0 Å². The fraction of sp³-hybridized carbons (Fsp3) is 0.750. The molecule has 84 valence electrons. The Morgan fingerprint density at radius 3 is 2.53 bits per heavy atom. The number of carbonyl (C=O) groups is 1. The minimum atomic E-state index is -0.610. The SMILES string of the molecule is Cn1nnc(NC(=O)C(N)C(C)(C)C)n1. The third-order valence-corrected chi connectivity index (χ3v) is 1.96. The normalized spacial score (nSPS) is 13.7. The molecule has 7 nitrogen and oxygen atoms in total. The number of aryl methyl sites for hydroxylation is 1. The standard InChI is InChI=1S/C8H16N6O/c1-8(2,3)5(9)6(15)10-7-11-13-14(4)12-7/h5H,9H2,1-4H3,(H,10,12,15). The van der Waals surface area contributed by atoms with Crippen LogP contribution in [0.3, 0.4) is 0 Å². The number of nitrogens with two attached hydrogens (primary N) is 1. The minimum Gasteiger partial charge on any atom is -0.319 e. The highest BCUT2D eigenvalue weighted by atomic mass is 16.2. The van der Waals surface area contributed by atoms with Crippen molar-refractivity contribution in [2.75, 3.05) is 5.32 Å². The Kier molecular flexibility index (Phi) is 3.04. The first-order valence-corrected chi connectivity index (χ1v) is 4.61. The molecule has 0 aromatic carbocycles. The van der Waals surface area contributed by atoms with Gasteiger partial charge >= 0.3 is 0 Å². The Morgan fingerprint density at radius 2 is 2.13 bits per heavy atom. The maximum atomic E-state index is 11.6. The van der Waals surface area contributed by atoms with E-state index in [1.807, 2.05) is 20.8 Å². The first kappa shape index (κ1) is 11.6. The molecule has 0 saturated heterocycles. The molecular formula is C8H16N6O. The van der Waals surface area contributed by atoms with Crippen LogP contribution in [-0.2, 0) is 11.8 Å². The van der Waals surface area contributed by atoms with E-state index in [1.54, 1.807) is 7.05 Å². The van der Waals surface area contributed by atoms with Crippen molar-refractivity contribution in [1.29, 1.82) is 0 Å². The lowest BCUT2D eigenvalue weighted by atomic mass is 9.87. The molecule has 1 heterocycles. The number of tetrazole rings is 1. The average Bonchev–Trinajstić information content (AvgIpc) is 2.48. The Balaban J connectivity index is 2.64. The monoisotopic (exact) mass is 212 g/mol. The van der Waals surface area contributed by atoms with Gasteiger partial charge < -0.3 is 5.73 Å². The Hall–Kier alpha value is -1.50. The maximum absolute atomic E-state index is 11.6. The molecule has 1 amide bonds. The van der Waals surface area contributed by atoms with Crippen molar-refractivity contribution in [2.24, 2.45) is 18.2 Å². The van der Waals surface area contributed by atoms with Gasteiger partial charge in [-0.05, 0) is 10.6 Å². The van der Waals surface area contributed by atoms with Gasteiger partial charge in [-0.15, -0.1) is 5.10 Å². The molecule has 0 spiro atoms. The smallest absolute Gasteiger partial charge is 0.270 e. The van der Waals surface area contributed by atoms with Crippen LogP contribution < -0.4 is 11.1 Å². The van der Waals surface area contributed by atoms with Gasteiger partial charge in [0, 0.05) is 0 Å². The molecule has 7 heteroatoms. The summed E-state index contributed by atoms with van der Waals surface area (Å²) in [5.41, 5.74) is 5.45. The molecule has 1 rings (SSSR count). The lowest BCUT2D eigenvalue weighted by Gasteiger charge is -2.24. The number of hydrogen-bond acceptors (Lipinski definition) is 5. The maximum Gasteiger partial charge on any atom is 0.270 e. The van der Waals surface area contributed by atoms with E-state index in [1.165, 1.54) is 4.80 Å². The molecule has 0 aliphatic rings. The predicted octanol–water partition coefficient (Wildman–Crippen LogP) is -0.478. The third kappa shape index (κ3) is 2.98. The molecule has 0 aliphatic heterocycles. The number of rotatable bonds is 2. The van der Waals surface area contributed by atoms with E-state index < -0.39 is 6.04 Å². The van der Waals surface area contributed by atoms with Gasteiger partial charge in [0.2, 0.25) is 5.91 Å². The average molecular weight is 212 g/mol. The molecule has 3 N–H and O–H groups in total. The van der Waals surface area contributed by atoms with Crippen molar-refractivity contribution in [3.63, 3.8) is 0 Å². The van der Waals surface area contributed by atoms with Crippen LogP contribution in [-0.4, -0.2) is 32.2 Å². The second kappa shape index (κ2) is 3.93. The van der Waals surface area contributed by atoms with Crippen LogP contribution in [0, 0.1) is 5.41 Å². The van der Waals surface area contributed by atoms with E-state index in [2.05, 4.69) is 20.7 Å². The molecule has 1 aromatic heterocycles. The highest BCUT2D eigenvalue weighted by molar-refractivity contribution is 5.93. The van der Waals surface area contributed by atoms with E-state index in [-0.39, 0.29) is 17.3 Å². The summed E-state index contributed by atoms with van der Waals surface area (Å²) in [6, 6.07) is -0.610. The first-order valence-electron chi connectivity index (χ1n) is 4.61. The van der Waals surface area contributed by atoms with Gasteiger partial charge in [0.15, 0.2) is 0 Å². The number of nitrogens with zero attached hydrogens (tertiary/aromatic N) is 4. The fourth-order valence-electron chi connectivity index (χ4n) is 0.915. The largest absolute Gasteiger partial charge is 0.319 e. The molecular weight excluding hydrogens is 196 g/mol. The van der Waals surface area contributed by atoms with Gasteiger partial charge in [-0.2, -0.15) is 4.80 Å². The Labute approximate surface area is 88.0 Å². The number of carbonyl (C=O) groups excluding carboxylic acids is 1. The minimum absolute atomic E-state index is 0.169. The summed E-state index contributed by atoms with van der Waals surface area (Å²) < 4.78 is 0. The lowest BCUT2D eigenvalue weighted by molar-refractivity contribution is -0.119. The fourth-order valence-corrected chi connectivity index (χ4v) is 0.915. The molecule has 1 atom stereocenters. The second-order valence-electron chi connectivity index (χ2n) is 4.44. The summed E-state index contributed by atoms with van der Waals surface area (Å²) in [4.78, 5) is 12.9. The molecule has 15 heavy (non-hydrogen) atoms. The van der Waals surface area contributed by atoms with Gasteiger partial charge in [0.1, 0.15) is 0 Å². The van der Waals surface area contributed by atoms with Crippen LogP contribution >= 0.6 is 0 Å². The number of hydrogen-bond donors (Lipinski definition) is 2. The van der Waals surface area contributed by atoms with Gasteiger partial charge in [0.25, 0.3) is 5.95 Å². The molecule has 0 aliphatic carbocycles. The van der Waals surface area contributed by atoms with Gasteiger partial charge in [-0.3, -0.25) is 10.1 Å². The van der Waals surface area contributed by atoms with E-state index in [0.717, 1.165) is 0 Å². The molecule has 0 radical (unpaired) electrons. The number of nitrogens with one attached hydrogen (secondary N) is 1. The van der Waals surface area contributed by atoms with E-state index >= 15 is 0 Å². The molecule has 1 aromatic rings. The van der Waals surface area contributed by atoms with Crippen molar-refractivity contribution < 1.29 is 4.79 Å². The summed E-state index contributed by atoms with van der Waals surface area (Å²) in [5, 5.41) is 13.5. The summed E-state index contributed by atoms with van der Waals surface area (Å²) >= 11 is 0.